The molecule has 0 heterocycles. The van der Waals surface area contributed by atoms with Crippen molar-refractivity contribution in [3.05, 3.63) is 29.3 Å². The van der Waals surface area contributed by atoms with E-state index >= 15 is 0 Å². The molecule has 1 N–H and O–H groups in total. The number of ether oxygens (including phenoxy) is 1. The summed E-state index contributed by atoms with van der Waals surface area (Å²) >= 11 is 0. The molecule has 0 aliphatic heterocycles. The van der Waals surface area contributed by atoms with Gasteiger partial charge in [0.25, 0.3) is 0 Å². The van der Waals surface area contributed by atoms with Crippen LogP contribution in [0.25, 0.3) is 0 Å². The summed E-state index contributed by atoms with van der Waals surface area (Å²) in [5.41, 5.74) is 2.54. The van der Waals surface area contributed by atoms with Gasteiger partial charge in [-0.2, -0.15) is 0 Å². The molecule has 90 valence electrons. The summed E-state index contributed by atoms with van der Waals surface area (Å²) in [6, 6.07) is 6.22. The first-order valence-corrected chi connectivity index (χ1v) is 6.02. The highest BCUT2D eigenvalue weighted by Crippen LogP contribution is 2.22. The fraction of sp³-hybridized carbons (Fsp3) is 0.571. The third-order valence-electron chi connectivity index (χ3n) is 2.92. The molecule has 1 aromatic rings. The Morgan fingerprint density at radius 2 is 2.06 bits per heavy atom. The molecule has 1 rings (SSSR count). The zero-order chi connectivity index (χ0) is 12.0. The van der Waals surface area contributed by atoms with Crippen LogP contribution in [0, 0.1) is 13.8 Å². The van der Waals surface area contributed by atoms with Gasteiger partial charge in [-0.1, -0.05) is 12.1 Å². The quantitative estimate of drug-likeness (QED) is 0.745. The Balaban J connectivity index is 2.49. The van der Waals surface area contributed by atoms with E-state index in [1.165, 1.54) is 11.1 Å². The molecule has 1 atom stereocenters. The fourth-order valence-electron chi connectivity index (χ4n) is 1.69. The third kappa shape index (κ3) is 3.86. The monoisotopic (exact) mass is 221 g/mol. The van der Waals surface area contributed by atoms with Gasteiger partial charge in [0.05, 0.1) is 6.10 Å². The Kier molecular flexibility index (Phi) is 5.33. The molecule has 0 saturated heterocycles. The van der Waals surface area contributed by atoms with Gasteiger partial charge >= 0.3 is 0 Å². The topological polar surface area (TPSA) is 21.3 Å². The number of nitrogens with one attached hydrogen (secondary N) is 1. The molecular weight excluding hydrogens is 198 g/mol. The summed E-state index contributed by atoms with van der Waals surface area (Å²) in [6.07, 6.45) is 2.53. The lowest BCUT2D eigenvalue weighted by Gasteiger charge is -2.17. The van der Waals surface area contributed by atoms with Gasteiger partial charge in [-0.05, 0) is 64.4 Å². The van der Waals surface area contributed by atoms with E-state index in [1.807, 2.05) is 7.05 Å². The SMILES string of the molecule is CNCCCC(C)Oc1cccc(C)c1C. The number of aryl methyl sites for hydroxylation is 1. The highest BCUT2D eigenvalue weighted by Gasteiger charge is 2.06. The van der Waals surface area contributed by atoms with Crippen LogP contribution in [0.3, 0.4) is 0 Å². The van der Waals surface area contributed by atoms with Gasteiger partial charge in [0.1, 0.15) is 5.75 Å². The summed E-state index contributed by atoms with van der Waals surface area (Å²) in [5.74, 6) is 1.02. The van der Waals surface area contributed by atoms with Crippen molar-refractivity contribution in [3.8, 4) is 5.75 Å². The molecule has 2 heteroatoms. The third-order valence-corrected chi connectivity index (χ3v) is 2.92. The molecule has 0 aliphatic carbocycles. The minimum absolute atomic E-state index is 0.286. The second kappa shape index (κ2) is 6.54. The largest absolute Gasteiger partial charge is 0.490 e. The minimum Gasteiger partial charge on any atom is -0.490 e. The predicted molar refractivity (Wildman–Crippen MR) is 69.2 cm³/mol. The minimum atomic E-state index is 0.286. The van der Waals surface area contributed by atoms with E-state index in [1.54, 1.807) is 0 Å². The van der Waals surface area contributed by atoms with Gasteiger partial charge in [-0.15, -0.1) is 0 Å². The average Bonchev–Trinajstić information content (AvgIpc) is 2.25. The predicted octanol–water partition coefficient (Wildman–Crippen LogP) is 3.07. The molecule has 16 heavy (non-hydrogen) atoms. The number of hydrogen-bond acceptors (Lipinski definition) is 2. The molecule has 1 aromatic carbocycles. The summed E-state index contributed by atoms with van der Waals surface area (Å²) < 4.78 is 5.94. The highest BCUT2D eigenvalue weighted by molar-refractivity contribution is 5.38. The molecule has 0 aromatic heterocycles. The molecule has 1 unspecified atom stereocenters. The molecule has 0 radical (unpaired) electrons. The number of rotatable bonds is 6. The summed E-state index contributed by atoms with van der Waals surface area (Å²) in [5, 5.41) is 3.15. The number of hydrogen-bond donors (Lipinski definition) is 1. The first-order valence-electron chi connectivity index (χ1n) is 6.02. The normalized spacial score (nSPS) is 12.5. The van der Waals surface area contributed by atoms with Gasteiger partial charge in [-0.3, -0.25) is 0 Å². The van der Waals surface area contributed by atoms with Crippen molar-refractivity contribution in [2.75, 3.05) is 13.6 Å². The van der Waals surface area contributed by atoms with E-state index in [2.05, 4.69) is 44.3 Å². The molecule has 0 spiro atoms. The molecular formula is C14H23NO. The van der Waals surface area contributed by atoms with Crippen LogP contribution in [-0.4, -0.2) is 19.7 Å². The van der Waals surface area contributed by atoms with Crippen molar-refractivity contribution in [2.45, 2.75) is 39.7 Å². The Morgan fingerprint density at radius 3 is 2.75 bits per heavy atom. The van der Waals surface area contributed by atoms with Gasteiger partial charge in [0.2, 0.25) is 0 Å². The van der Waals surface area contributed by atoms with E-state index in [9.17, 15) is 0 Å². The average molecular weight is 221 g/mol. The van der Waals surface area contributed by atoms with Gasteiger partial charge in [-0.25, -0.2) is 0 Å². The second-order valence-corrected chi connectivity index (χ2v) is 4.37. The van der Waals surface area contributed by atoms with Gasteiger partial charge in [0.15, 0.2) is 0 Å². The Morgan fingerprint density at radius 1 is 1.31 bits per heavy atom. The lowest BCUT2D eigenvalue weighted by atomic mass is 10.1. The molecule has 0 amide bonds. The van der Waals surface area contributed by atoms with Gasteiger partial charge in [0, 0.05) is 0 Å². The van der Waals surface area contributed by atoms with E-state index in [0.29, 0.717) is 0 Å². The standard InChI is InChI=1S/C14H23NO/c1-11-7-5-9-14(13(11)3)16-12(2)8-6-10-15-4/h5,7,9,12,15H,6,8,10H2,1-4H3. The fourth-order valence-corrected chi connectivity index (χ4v) is 1.69. The van der Waals surface area contributed by atoms with Crippen LogP contribution in [0.4, 0.5) is 0 Å². The Labute approximate surface area is 99.0 Å². The zero-order valence-corrected chi connectivity index (χ0v) is 10.8. The van der Waals surface area contributed by atoms with Crippen molar-refractivity contribution in [2.24, 2.45) is 0 Å². The van der Waals surface area contributed by atoms with E-state index < -0.39 is 0 Å². The van der Waals surface area contributed by atoms with E-state index in [0.717, 1.165) is 25.1 Å². The maximum absolute atomic E-state index is 5.94. The van der Waals surface area contributed by atoms with Crippen LogP contribution in [0.15, 0.2) is 18.2 Å². The lowest BCUT2D eigenvalue weighted by molar-refractivity contribution is 0.206. The van der Waals surface area contributed by atoms with Crippen molar-refractivity contribution >= 4 is 0 Å². The van der Waals surface area contributed by atoms with E-state index in [4.69, 9.17) is 4.74 Å². The zero-order valence-electron chi connectivity index (χ0n) is 10.8. The molecule has 2 nitrogen and oxygen atoms in total. The van der Waals surface area contributed by atoms with Gasteiger partial charge < -0.3 is 10.1 Å². The Bertz CT molecular complexity index is 323. The first-order chi connectivity index (χ1) is 7.65. The summed E-state index contributed by atoms with van der Waals surface area (Å²) in [4.78, 5) is 0. The second-order valence-electron chi connectivity index (χ2n) is 4.37. The van der Waals surface area contributed by atoms with Crippen LogP contribution >= 0.6 is 0 Å². The van der Waals surface area contributed by atoms with Crippen LogP contribution in [-0.2, 0) is 0 Å². The molecule has 0 aliphatic rings. The van der Waals surface area contributed by atoms with Crippen LogP contribution < -0.4 is 10.1 Å². The van der Waals surface area contributed by atoms with E-state index in [-0.39, 0.29) is 6.10 Å². The summed E-state index contributed by atoms with van der Waals surface area (Å²) in [6.45, 7) is 7.43. The highest BCUT2D eigenvalue weighted by atomic mass is 16.5. The maximum atomic E-state index is 5.94. The maximum Gasteiger partial charge on any atom is 0.122 e. The molecule has 0 fully saturated rings. The Hall–Kier alpha value is -1.02. The van der Waals surface area contributed by atoms with Crippen LogP contribution in [0.5, 0.6) is 5.75 Å². The lowest BCUT2D eigenvalue weighted by Crippen LogP contribution is -2.16. The van der Waals surface area contributed by atoms with Crippen molar-refractivity contribution in [1.82, 2.24) is 5.32 Å². The van der Waals surface area contributed by atoms with Crippen LogP contribution in [0.1, 0.15) is 30.9 Å². The first kappa shape index (κ1) is 13.0. The van der Waals surface area contributed by atoms with Crippen molar-refractivity contribution in [3.63, 3.8) is 0 Å². The van der Waals surface area contributed by atoms with Crippen molar-refractivity contribution in [1.29, 1.82) is 0 Å². The number of benzene rings is 1. The summed E-state index contributed by atoms with van der Waals surface area (Å²) in [7, 11) is 1.98. The molecule has 0 saturated carbocycles. The van der Waals surface area contributed by atoms with Crippen molar-refractivity contribution < 1.29 is 4.74 Å². The molecule has 0 bridgehead atoms. The van der Waals surface area contributed by atoms with Crippen LogP contribution in [0.2, 0.25) is 0 Å². The smallest absolute Gasteiger partial charge is 0.122 e.